The number of hydrogen-bond donors (Lipinski definition) is 8. The average molecular weight is 477 g/mol. The van der Waals surface area contributed by atoms with E-state index >= 15 is 0 Å². The molecule has 0 saturated carbocycles. The van der Waals surface area contributed by atoms with Gasteiger partial charge in [-0.05, 0) is 0 Å². The van der Waals surface area contributed by atoms with Crippen LogP contribution in [0.3, 0.4) is 0 Å². The van der Waals surface area contributed by atoms with Crippen molar-refractivity contribution in [2.75, 3.05) is 13.7 Å². The summed E-state index contributed by atoms with van der Waals surface area (Å²) in [6.45, 7) is 0.419. The van der Waals surface area contributed by atoms with Gasteiger partial charge in [-0.2, -0.15) is 0 Å². The smallest absolute Gasteiger partial charge is 0.394 e. The Morgan fingerprint density at radius 1 is 1.16 bits per heavy atom. The molecule has 1 amide bonds. The standard InChI is InChI=1S/C15H28NO14P/c1-5(18)16-6-3-7(19)12(28-14(6)30-31(24,25)26-2)13(23)29-15-11(22)10(21)9(20)8(4-17)27-15/h6-15,17,19-23H,3-4H2,1-2H3,(H,16,18)(H,24,25)/t6-,7+,8-,9-,10+,11+,12+,13?,14-,15-/m1/s1. The molecular weight excluding hydrogens is 449 g/mol. The molecule has 2 aliphatic rings. The van der Waals surface area contributed by atoms with Crippen molar-refractivity contribution in [2.45, 2.75) is 74.9 Å². The van der Waals surface area contributed by atoms with Crippen LogP contribution in [0.25, 0.3) is 0 Å². The van der Waals surface area contributed by atoms with Gasteiger partial charge in [0.2, 0.25) is 5.91 Å². The van der Waals surface area contributed by atoms with E-state index < -0.39 is 81.9 Å². The molecule has 0 aromatic heterocycles. The molecule has 2 heterocycles. The summed E-state index contributed by atoms with van der Waals surface area (Å²) in [5.74, 6) is -0.559. The fraction of sp³-hybridized carbons (Fsp3) is 0.933. The number of phosphoric acid groups is 1. The van der Waals surface area contributed by atoms with Gasteiger partial charge in [0.25, 0.3) is 0 Å². The lowest BCUT2D eigenvalue weighted by molar-refractivity contribution is -0.358. The lowest BCUT2D eigenvalue weighted by Gasteiger charge is -2.43. The molecule has 2 fully saturated rings. The second-order valence-electron chi connectivity index (χ2n) is 7.06. The summed E-state index contributed by atoms with van der Waals surface area (Å²) < 4.78 is 36.4. The number of phosphoric ester groups is 1. The Kier molecular flexibility index (Phi) is 9.30. The first-order valence-electron chi connectivity index (χ1n) is 9.21. The highest BCUT2D eigenvalue weighted by atomic mass is 31.2. The average Bonchev–Trinajstić information content (AvgIpc) is 2.69. The Hall–Kier alpha value is -0.780. The van der Waals surface area contributed by atoms with Crippen molar-refractivity contribution in [2.24, 2.45) is 0 Å². The summed E-state index contributed by atoms with van der Waals surface area (Å²) in [4.78, 5) is 20.9. The molecule has 0 aromatic rings. The maximum absolute atomic E-state index is 11.8. The minimum Gasteiger partial charge on any atom is -0.394 e. The van der Waals surface area contributed by atoms with E-state index in [1.807, 2.05) is 0 Å². The molecule has 2 unspecified atom stereocenters. The number of nitrogens with one attached hydrogen (secondary N) is 1. The van der Waals surface area contributed by atoms with Crippen LogP contribution < -0.4 is 5.32 Å². The molecule has 11 atom stereocenters. The van der Waals surface area contributed by atoms with Gasteiger partial charge in [0.1, 0.15) is 30.5 Å². The van der Waals surface area contributed by atoms with Crippen molar-refractivity contribution < 1.29 is 68.2 Å². The van der Waals surface area contributed by atoms with Crippen LogP contribution in [0.2, 0.25) is 0 Å². The number of hydrogen-bond acceptors (Lipinski definition) is 13. The van der Waals surface area contributed by atoms with E-state index in [2.05, 4.69) is 9.84 Å². The largest absolute Gasteiger partial charge is 0.474 e. The highest BCUT2D eigenvalue weighted by molar-refractivity contribution is 7.47. The third-order valence-corrected chi connectivity index (χ3v) is 5.69. The van der Waals surface area contributed by atoms with Crippen LogP contribution in [0.4, 0.5) is 0 Å². The second-order valence-corrected chi connectivity index (χ2v) is 8.57. The van der Waals surface area contributed by atoms with Crippen LogP contribution in [0.15, 0.2) is 0 Å². The zero-order valence-corrected chi connectivity index (χ0v) is 17.5. The highest BCUT2D eigenvalue weighted by Gasteiger charge is 2.48. The number of aliphatic hydroxyl groups is 6. The molecule has 8 N–H and O–H groups in total. The molecule has 0 aliphatic carbocycles. The Morgan fingerprint density at radius 3 is 2.35 bits per heavy atom. The van der Waals surface area contributed by atoms with E-state index in [0.717, 1.165) is 14.0 Å². The topological polar surface area (TPSA) is 234 Å². The molecular formula is C15H28NO14P. The molecule has 0 bridgehead atoms. The summed E-state index contributed by atoms with van der Waals surface area (Å²) in [6, 6.07) is -1.10. The number of rotatable bonds is 8. The normalized spacial score (nSPS) is 41.9. The van der Waals surface area contributed by atoms with Crippen LogP contribution in [-0.2, 0) is 32.6 Å². The maximum Gasteiger partial charge on any atom is 0.474 e. The fourth-order valence-electron chi connectivity index (χ4n) is 3.16. The number of ether oxygens (including phenoxy) is 3. The number of carbonyl (C=O) groups is 1. The van der Waals surface area contributed by atoms with E-state index in [-0.39, 0.29) is 6.42 Å². The van der Waals surface area contributed by atoms with Crippen LogP contribution in [0.1, 0.15) is 13.3 Å². The summed E-state index contributed by atoms with van der Waals surface area (Å²) in [7, 11) is -3.72. The van der Waals surface area contributed by atoms with Crippen molar-refractivity contribution in [1.82, 2.24) is 5.32 Å². The van der Waals surface area contributed by atoms with Gasteiger partial charge in [-0.15, -0.1) is 0 Å². The first-order chi connectivity index (χ1) is 14.4. The molecule has 15 nitrogen and oxygen atoms in total. The third-order valence-electron chi connectivity index (χ3n) is 4.75. The van der Waals surface area contributed by atoms with Crippen LogP contribution in [0, 0.1) is 0 Å². The molecule has 2 rings (SSSR count). The van der Waals surface area contributed by atoms with Crippen molar-refractivity contribution >= 4 is 13.7 Å². The monoisotopic (exact) mass is 477 g/mol. The zero-order valence-electron chi connectivity index (χ0n) is 16.6. The van der Waals surface area contributed by atoms with Gasteiger partial charge < -0.3 is 55.1 Å². The van der Waals surface area contributed by atoms with E-state index in [1.54, 1.807) is 0 Å². The van der Waals surface area contributed by atoms with Crippen molar-refractivity contribution in [3.05, 3.63) is 0 Å². The molecule has 0 aromatic carbocycles. The number of carbonyl (C=O) groups excluding carboxylic acids is 1. The molecule has 2 aliphatic heterocycles. The summed E-state index contributed by atoms with van der Waals surface area (Å²) >= 11 is 0. The maximum atomic E-state index is 11.8. The summed E-state index contributed by atoms with van der Waals surface area (Å²) in [5.41, 5.74) is 0. The van der Waals surface area contributed by atoms with Crippen LogP contribution >= 0.6 is 7.82 Å². The van der Waals surface area contributed by atoms with Gasteiger partial charge in [-0.25, -0.2) is 4.57 Å². The number of aliphatic hydroxyl groups excluding tert-OH is 6. The molecule has 16 heteroatoms. The molecule has 0 radical (unpaired) electrons. The Bertz CT molecular complexity index is 651. The SMILES string of the molecule is COP(=O)(O)O[C@H]1O[C@H](C(O)O[C@H]2O[C@H](CO)[C@@H](O)[C@H](O)[C@@H]2O)[C@@H](O)C[C@H]1NC(C)=O. The zero-order chi connectivity index (χ0) is 23.5. The Balaban J connectivity index is 2.13. The van der Waals surface area contributed by atoms with Gasteiger partial charge >= 0.3 is 7.82 Å². The minimum atomic E-state index is -4.61. The quantitative estimate of drug-likeness (QED) is 0.122. The van der Waals surface area contributed by atoms with E-state index in [1.165, 1.54) is 0 Å². The molecule has 31 heavy (non-hydrogen) atoms. The third kappa shape index (κ3) is 6.61. The van der Waals surface area contributed by atoms with Crippen LogP contribution in [-0.4, -0.2) is 117 Å². The first-order valence-corrected chi connectivity index (χ1v) is 10.7. The van der Waals surface area contributed by atoms with Crippen molar-refractivity contribution in [1.29, 1.82) is 0 Å². The van der Waals surface area contributed by atoms with Crippen molar-refractivity contribution in [3.63, 3.8) is 0 Å². The van der Waals surface area contributed by atoms with Gasteiger partial charge in [-0.3, -0.25) is 13.8 Å². The van der Waals surface area contributed by atoms with E-state index in [9.17, 15) is 44.9 Å². The van der Waals surface area contributed by atoms with Crippen molar-refractivity contribution in [3.8, 4) is 0 Å². The first kappa shape index (κ1) is 26.5. The summed E-state index contributed by atoms with van der Waals surface area (Å²) in [6.07, 6.45) is -15.4. The van der Waals surface area contributed by atoms with Gasteiger partial charge in [-0.1, -0.05) is 0 Å². The van der Waals surface area contributed by atoms with E-state index in [0.29, 0.717) is 0 Å². The molecule has 0 spiro atoms. The molecule has 2 saturated heterocycles. The minimum absolute atomic E-state index is 0.298. The predicted molar refractivity (Wildman–Crippen MR) is 95.7 cm³/mol. The van der Waals surface area contributed by atoms with Gasteiger partial charge in [0, 0.05) is 20.5 Å². The second kappa shape index (κ2) is 10.9. The fourth-order valence-corrected chi connectivity index (χ4v) is 3.70. The Labute approximate surface area is 176 Å². The van der Waals surface area contributed by atoms with Crippen LogP contribution in [0.5, 0.6) is 0 Å². The number of amides is 1. The lowest BCUT2D eigenvalue weighted by Crippen LogP contribution is -2.62. The molecule has 182 valence electrons. The summed E-state index contributed by atoms with van der Waals surface area (Å²) in [5, 5.41) is 61.8. The predicted octanol–water partition coefficient (Wildman–Crippen LogP) is -4.13. The Morgan fingerprint density at radius 2 is 1.81 bits per heavy atom. The highest BCUT2D eigenvalue weighted by Crippen LogP contribution is 2.45. The lowest BCUT2D eigenvalue weighted by atomic mass is 9.98. The van der Waals surface area contributed by atoms with Gasteiger partial charge in [0.05, 0.1) is 18.8 Å². The van der Waals surface area contributed by atoms with Gasteiger partial charge in [0.15, 0.2) is 18.9 Å². The van der Waals surface area contributed by atoms with E-state index in [4.69, 9.17) is 18.7 Å².